The van der Waals surface area contributed by atoms with Gasteiger partial charge in [0.15, 0.2) is 0 Å². The van der Waals surface area contributed by atoms with Gasteiger partial charge in [-0.2, -0.15) is 0 Å². The Morgan fingerprint density at radius 1 is 0.600 bits per heavy atom. The van der Waals surface area contributed by atoms with Gasteiger partial charge in [0, 0.05) is 0 Å². The van der Waals surface area contributed by atoms with Crippen LogP contribution < -0.4 is 0 Å². The second-order valence-electron chi connectivity index (χ2n) is 7.31. The van der Waals surface area contributed by atoms with Gasteiger partial charge in [0.05, 0.1) is 26.2 Å². The molecule has 0 aromatic rings. The molecule has 0 aromatic carbocycles. The molecule has 2 amide bonds. The molecule has 0 radical (unpaired) electrons. The van der Waals surface area contributed by atoms with Crippen LogP contribution in [0.15, 0.2) is 0 Å². The maximum Gasteiger partial charge on any atom is 0.376 e. The quantitative estimate of drug-likeness (QED) is 0.220. The van der Waals surface area contributed by atoms with Gasteiger partial charge in [0.2, 0.25) is 6.67 Å². The molecule has 4 nitrogen and oxygen atoms in total. The molecule has 0 bridgehead atoms. The summed E-state index contributed by atoms with van der Waals surface area (Å²) in [5.74, 6) is 0. The highest BCUT2D eigenvalue weighted by atomic mass is 32.1. The number of carbonyl (C=O) groups excluding carboxylic acids is 2. The zero-order valence-corrected chi connectivity index (χ0v) is 18.6. The van der Waals surface area contributed by atoms with Gasteiger partial charge in [-0.05, 0) is 50.9 Å². The summed E-state index contributed by atoms with van der Waals surface area (Å²) >= 11 is 8.55. The topological polar surface area (TPSA) is 34.1 Å². The van der Waals surface area contributed by atoms with E-state index in [1.807, 2.05) is 0 Å². The van der Waals surface area contributed by atoms with Crippen molar-refractivity contribution in [2.75, 3.05) is 32.8 Å². The molecular weight excluding hydrogens is 352 g/mol. The molecule has 0 aliphatic rings. The predicted octanol–water partition coefficient (Wildman–Crippen LogP) is 5.88. The van der Waals surface area contributed by atoms with Crippen LogP contribution in [0.25, 0.3) is 0 Å². The van der Waals surface area contributed by atoms with Crippen LogP contribution in [0.3, 0.4) is 0 Å². The maximum atomic E-state index is 12.6. The molecule has 0 fully saturated rings. The van der Waals surface area contributed by atoms with E-state index in [-0.39, 0.29) is 10.5 Å². The predicted molar refractivity (Wildman–Crippen MR) is 113 cm³/mol. The van der Waals surface area contributed by atoms with Crippen molar-refractivity contribution in [3.05, 3.63) is 0 Å². The van der Waals surface area contributed by atoms with Crippen LogP contribution in [0, 0.1) is 0 Å². The Labute approximate surface area is 166 Å². The van der Waals surface area contributed by atoms with Gasteiger partial charge in [0.1, 0.15) is 0 Å². The summed E-state index contributed by atoms with van der Waals surface area (Å²) in [6.45, 7) is 12.1. The van der Waals surface area contributed by atoms with Gasteiger partial charge in [0.25, 0.3) is 0 Å². The SMILES string of the molecule is CCCC[N+](CCCC)(C[N+](CCCC)(CCCC)C(=O)S)C(=O)S. The minimum atomic E-state index is -0.105. The molecule has 0 saturated carbocycles. The van der Waals surface area contributed by atoms with Crippen LogP contribution in [-0.2, 0) is 0 Å². The molecule has 0 aromatic heterocycles. The zero-order valence-electron chi connectivity index (χ0n) is 16.8. The van der Waals surface area contributed by atoms with E-state index in [1.54, 1.807) is 0 Å². The van der Waals surface area contributed by atoms with E-state index in [4.69, 9.17) is 0 Å². The highest BCUT2D eigenvalue weighted by Crippen LogP contribution is 2.25. The van der Waals surface area contributed by atoms with E-state index >= 15 is 0 Å². The van der Waals surface area contributed by atoms with Gasteiger partial charge < -0.3 is 0 Å². The summed E-state index contributed by atoms with van der Waals surface area (Å²) in [5, 5.41) is -0.209. The normalized spacial score (nSPS) is 12.4. The first-order valence-electron chi connectivity index (χ1n) is 10.0. The molecule has 0 saturated heterocycles. The van der Waals surface area contributed by atoms with Crippen molar-refractivity contribution in [3.8, 4) is 0 Å². The number of hydrogen-bond donors (Lipinski definition) is 2. The summed E-state index contributed by atoms with van der Waals surface area (Å²) in [6, 6.07) is 0. The third-order valence-corrected chi connectivity index (χ3v) is 5.96. The minimum Gasteiger partial charge on any atom is -0.219 e. The fraction of sp³-hybridized carbons (Fsp3) is 0.895. The summed E-state index contributed by atoms with van der Waals surface area (Å²) in [5.41, 5.74) is 0. The molecule has 0 spiro atoms. The van der Waals surface area contributed by atoms with Crippen molar-refractivity contribution in [3.63, 3.8) is 0 Å². The van der Waals surface area contributed by atoms with E-state index in [0.717, 1.165) is 77.5 Å². The summed E-state index contributed by atoms with van der Waals surface area (Å²) in [7, 11) is 0. The minimum absolute atomic E-state index is 0.105. The van der Waals surface area contributed by atoms with Crippen LogP contribution in [0.1, 0.15) is 79.1 Å². The smallest absolute Gasteiger partial charge is 0.219 e. The Morgan fingerprint density at radius 3 is 1.00 bits per heavy atom. The zero-order chi connectivity index (χ0) is 19.3. The second kappa shape index (κ2) is 13.2. The van der Waals surface area contributed by atoms with Crippen LogP contribution >= 0.6 is 25.3 Å². The molecule has 0 atom stereocenters. The second-order valence-corrected chi connectivity index (χ2v) is 8.07. The lowest BCUT2D eigenvalue weighted by Crippen LogP contribution is -2.66. The molecule has 25 heavy (non-hydrogen) atoms. The third-order valence-electron chi connectivity index (χ3n) is 5.11. The Morgan fingerprint density at radius 2 is 0.840 bits per heavy atom. The molecule has 0 heterocycles. The maximum absolute atomic E-state index is 12.6. The largest absolute Gasteiger partial charge is 0.376 e. The van der Waals surface area contributed by atoms with E-state index in [0.29, 0.717) is 15.6 Å². The number of rotatable bonds is 14. The fourth-order valence-corrected chi connectivity index (χ4v) is 3.90. The Balaban J connectivity index is 5.79. The standard InChI is InChI=1S/C19H38N2O2S2/c1-5-9-13-20(18(22)24,14-10-6-2)17-21(19(23)25,15-11-7-3)16-12-8-4/h5-17H2,1-4H3/p+2. The first-order chi connectivity index (χ1) is 11.8. The summed E-state index contributed by atoms with van der Waals surface area (Å²) < 4.78 is 0.592. The molecule has 6 heteroatoms. The van der Waals surface area contributed by atoms with Crippen molar-refractivity contribution in [1.29, 1.82) is 0 Å². The molecule has 0 N–H and O–H groups in total. The van der Waals surface area contributed by atoms with Gasteiger partial charge in [-0.1, -0.05) is 53.4 Å². The van der Waals surface area contributed by atoms with E-state index in [1.165, 1.54) is 0 Å². The Bertz CT molecular complexity index is 351. The number of quaternary nitrogens is 2. The highest BCUT2D eigenvalue weighted by molar-refractivity contribution is 7.96. The Kier molecular flexibility index (Phi) is 13.2. The number of thiol groups is 2. The van der Waals surface area contributed by atoms with E-state index < -0.39 is 0 Å². The van der Waals surface area contributed by atoms with E-state index in [2.05, 4.69) is 53.0 Å². The van der Waals surface area contributed by atoms with Crippen molar-refractivity contribution in [2.24, 2.45) is 0 Å². The van der Waals surface area contributed by atoms with Crippen molar-refractivity contribution in [2.45, 2.75) is 79.1 Å². The molecule has 0 rings (SSSR count). The summed E-state index contributed by atoms with van der Waals surface area (Å²) in [6.07, 6.45) is 8.02. The average Bonchev–Trinajstić information content (AvgIpc) is 2.59. The van der Waals surface area contributed by atoms with Gasteiger partial charge in [-0.3, -0.25) is 0 Å². The van der Waals surface area contributed by atoms with Crippen LogP contribution in [0.2, 0.25) is 0 Å². The van der Waals surface area contributed by atoms with Crippen LogP contribution in [0.4, 0.5) is 9.59 Å². The Hall–Kier alpha value is -0.0400. The summed E-state index contributed by atoms with van der Waals surface area (Å²) in [4.78, 5) is 25.2. The van der Waals surface area contributed by atoms with Crippen LogP contribution in [0.5, 0.6) is 0 Å². The van der Waals surface area contributed by atoms with E-state index in [9.17, 15) is 9.59 Å². The van der Waals surface area contributed by atoms with Gasteiger partial charge >= 0.3 is 10.5 Å². The van der Waals surface area contributed by atoms with Crippen LogP contribution in [-0.4, -0.2) is 52.3 Å². The third kappa shape index (κ3) is 8.02. The van der Waals surface area contributed by atoms with Crippen molar-refractivity contribution < 1.29 is 18.6 Å². The number of carbonyl (C=O) groups is 2. The molecule has 0 unspecified atom stereocenters. The fourth-order valence-electron chi connectivity index (χ4n) is 3.37. The monoisotopic (exact) mass is 392 g/mol. The number of amides is 2. The van der Waals surface area contributed by atoms with Crippen molar-refractivity contribution >= 4 is 35.7 Å². The lowest BCUT2D eigenvalue weighted by Gasteiger charge is -2.42. The first kappa shape index (κ1) is 25.0. The number of hydrogen-bond acceptors (Lipinski definition) is 2. The number of nitrogens with zero attached hydrogens (tertiary/aromatic N) is 2. The average molecular weight is 393 g/mol. The molecule has 0 aliphatic heterocycles. The highest BCUT2D eigenvalue weighted by Gasteiger charge is 2.46. The number of unbranched alkanes of at least 4 members (excludes halogenated alkanes) is 4. The lowest BCUT2D eigenvalue weighted by molar-refractivity contribution is -1.02. The van der Waals surface area contributed by atoms with Crippen molar-refractivity contribution in [1.82, 2.24) is 0 Å². The van der Waals surface area contributed by atoms with Gasteiger partial charge in [-0.25, -0.2) is 18.6 Å². The first-order valence-corrected chi connectivity index (χ1v) is 10.9. The molecule has 0 aliphatic carbocycles. The molecule has 148 valence electrons. The lowest BCUT2D eigenvalue weighted by atomic mass is 10.2. The molecular formula is C19H40N2O2S2+2. The van der Waals surface area contributed by atoms with Gasteiger partial charge in [-0.15, -0.1) is 0 Å².